The number of carbonyl (C=O) groups excluding carboxylic acids is 1. The van der Waals surface area contributed by atoms with E-state index in [0.717, 1.165) is 12.8 Å². The number of aromatic hydroxyl groups is 2. The molecule has 1 amide bonds. The number of nitrogens with one attached hydrogen (secondary N) is 1. The molecule has 1 aromatic rings. The van der Waals surface area contributed by atoms with Crippen molar-refractivity contribution in [1.29, 1.82) is 0 Å². The lowest BCUT2D eigenvalue weighted by molar-refractivity contribution is -0.121. The van der Waals surface area contributed by atoms with E-state index in [-0.39, 0.29) is 53.5 Å². The summed E-state index contributed by atoms with van der Waals surface area (Å²) in [5, 5.41) is 33.2. The third kappa shape index (κ3) is 7.59. The summed E-state index contributed by atoms with van der Waals surface area (Å²) >= 11 is 0. The molecule has 1 rings (SSSR count). The molecule has 4 N–H and O–H groups in total. The normalized spacial score (nSPS) is 11.9. The summed E-state index contributed by atoms with van der Waals surface area (Å²) < 4.78 is 10.2. The highest BCUT2D eigenvalue weighted by Crippen LogP contribution is 2.48. The van der Waals surface area contributed by atoms with Crippen molar-refractivity contribution in [1.82, 2.24) is 5.32 Å². The highest BCUT2D eigenvalue weighted by atomic mass is 16.5. The molecule has 0 aliphatic carbocycles. The lowest BCUT2D eigenvalue weighted by atomic mass is 10.0. The molecule has 0 aromatic heterocycles. The van der Waals surface area contributed by atoms with E-state index >= 15 is 0 Å². The minimum atomic E-state index is -0.335. The maximum Gasteiger partial charge on any atom is 0.224 e. The fourth-order valence-electron chi connectivity index (χ4n) is 3.61. The van der Waals surface area contributed by atoms with Gasteiger partial charge in [0.25, 0.3) is 0 Å². The molecule has 0 fully saturated rings. The average Bonchev–Trinajstić information content (AvgIpc) is 2.74. The Bertz CT molecular complexity index is 662. The van der Waals surface area contributed by atoms with Gasteiger partial charge in [-0.1, -0.05) is 58.3 Å². The van der Waals surface area contributed by atoms with Crippen molar-refractivity contribution >= 4 is 5.91 Å². The Labute approximate surface area is 180 Å². The molecule has 1 atom stereocenters. The van der Waals surface area contributed by atoms with Crippen LogP contribution in [0.15, 0.2) is 0 Å². The van der Waals surface area contributed by atoms with Crippen molar-refractivity contribution in [3.05, 3.63) is 11.1 Å². The van der Waals surface area contributed by atoms with Crippen molar-refractivity contribution < 1.29 is 29.6 Å². The molecular weight excluding hydrogens is 386 g/mol. The van der Waals surface area contributed by atoms with Crippen LogP contribution in [0.25, 0.3) is 0 Å². The summed E-state index contributed by atoms with van der Waals surface area (Å²) in [5.74, 6) is -0.727. The van der Waals surface area contributed by atoms with Gasteiger partial charge in [0.05, 0.1) is 33.3 Å². The monoisotopic (exact) mass is 425 g/mol. The third-order valence-corrected chi connectivity index (χ3v) is 5.47. The standard InChI is InChI=1S/C23H39NO6/c1-5-6-7-8-9-10-11-12-13-17(15-25)24-19(26)14-18-16(2)20(27)22(29-3)23(30-4)21(18)28/h17,25,27-28H,5-15H2,1-4H3,(H,24,26). The van der Waals surface area contributed by atoms with Gasteiger partial charge in [0.15, 0.2) is 11.5 Å². The van der Waals surface area contributed by atoms with Crippen molar-refractivity contribution in [3.63, 3.8) is 0 Å². The van der Waals surface area contributed by atoms with Gasteiger partial charge in [-0.15, -0.1) is 0 Å². The summed E-state index contributed by atoms with van der Waals surface area (Å²) in [7, 11) is 2.71. The summed E-state index contributed by atoms with van der Waals surface area (Å²) in [4.78, 5) is 12.5. The molecule has 0 aliphatic rings. The predicted molar refractivity (Wildman–Crippen MR) is 118 cm³/mol. The van der Waals surface area contributed by atoms with Crippen LogP contribution < -0.4 is 14.8 Å². The second-order valence-electron chi connectivity index (χ2n) is 7.75. The Morgan fingerprint density at radius 1 is 0.933 bits per heavy atom. The summed E-state index contributed by atoms with van der Waals surface area (Å²) in [6, 6.07) is -0.325. The zero-order valence-corrected chi connectivity index (χ0v) is 18.9. The van der Waals surface area contributed by atoms with E-state index in [0.29, 0.717) is 12.0 Å². The molecule has 0 aliphatic heterocycles. The first-order valence-electron chi connectivity index (χ1n) is 11.0. The minimum absolute atomic E-state index is 0.0129. The van der Waals surface area contributed by atoms with Crippen LogP contribution in [0.3, 0.4) is 0 Å². The first-order valence-corrected chi connectivity index (χ1v) is 11.0. The first-order chi connectivity index (χ1) is 14.4. The van der Waals surface area contributed by atoms with E-state index < -0.39 is 0 Å². The number of amides is 1. The number of aliphatic hydroxyl groups is 1. The largest absolute Gasteiger partial charge is 0.504 e. The SMILES string of the molecule is CCCCCCCCCCC(CO)NC(=O)Cc1c(C)c(O)c(OC)c(OC)c1O. The molecule has 30 heavy (non-hydrogen) atoms. The van der Waals surface area contributed by atoms with Crippen LogP contribution in [0.4, 0.5) is 0 Å². The minimum Gasteiger partial charge on any atom is -0.504 e. The Morgan fingerprint density at radius 3 is 2.00 bits per heavy atom. The maximum atomic E-state index is 12.5. The van der Waals surface area contributed by atoms with Gasteiger partial charge in [0, 0.05) is 11.1 Å². The lowest BCUT2D eigenvalue weighted by Gasteiger charge is -2.19. The van der Waals surface area contributed by atoms with Crippen LogP contribution >= 0.6 is 0 Å². The lowest BCUT2D eigenvalue weighted by Crippen LogP contribution is -2.38. The smallest absolute Gasteiger partial charge is 0.224 e. The molecule has 0 spiro atoms. The number of phenolic OH excluding ortho intramolecular Hbond substituents is 2. The predicted octanol–water partition coefficient (Wildman–Crippen LogP) is 3.97. The molecule has 0 heterocycles. The number of methoxy groups -OCH3 is 2. The molecule has 0 radical (unpaired) electrons. The van der Waals surface area contributed by atoms with Gasteiger partial charge in [0.1, 0.15) is 0 Å². The van der Waals surface area contributed by atoms with E-state index in [1.807, 2.05) is 0 Å². The number of rotatable bonds is 15. The van der Waals surface area contributed by atoms with Crippen LogP contribution in [-0.2, 0) is 11.2 Å². The summed E-state index contributed by atoms with van der Waals surface area (Å²) in [5.41, 5.74) is 0.621. The van der Waals surface area contributed by atoms with Crippen LogP contribution in [0.1, 0.15) is 75.8 Å². The van der Waals surface area contributed by atoms with Gasteiger partial charge >= 0.3 is 0 Å². The zero-order valence-electron chi connectivity index (χ0n) is 18.9. The summed E-state index contributed by atoms with van der Waals surface area (Å²) in [6.45, 7) is 3.67. The Kier molecular flexibility index (Phi) is 12.0. The molecule has 0 saturated carbocycles. The van der Waals surface area contributed by atoms with E-state index in [9.17, 15) is 20.1 Å². The fraction of sp³-hybridized carbons (Fsp3) is 0.696. The Balaban J connectivity index is 2.59. The number of aliphatic hydroxyl groups excluding tert-OH is 1. The number of phenols is 2. The molecule has 172 valence electrons. The molecule has 1 unspecified atom stereocenters. The Hall–Kier alpha value is -2.15. The quantitative estimate of drug-likeness (QED) is 0.250. The molecule has 0 bridgehead atoms. The molecule has 7 heteroatoms. The second-order valence-corrected chi connectivity index (χ2v) is 7.75. The van der Waals surface area contributed by atoms with Gasteiger partial charge in [-0.05, 0) is 13.3 Å². The number of hydrogen-bond acceptors (Lipinski definition) is 6. The Morgan fingerprint density at radius 2 is 1.47 bits per heavy atom. The highest BCUT2D eigenvalue weighted by molar-refractivity contribution is 5.82. The van der Waals surface area contributed by atoms with Gasteiger partial charge in [0.2, 0.25) is 17.4 Å². The third-order valence-electron chi connectivity index (χ3n) is 5.47. The van der Waals surface area contributed by atoms with Crippen molar-refractivity contribution in [2.24, 2.45) is 0 Å². The van der Waals surface area contributed by atoms with Gasteiger partial charge in [-0.3, -0.25) is 4.79 Å². The molecule has 1 aromatic carbocycles. The molecular formula is C23H39NO6. The number of unbranched alkanes of at least 4 members (excludes halogenated alkanes) is 7. The van der Waals surface area contributed by atoms with E-state index in [2.05, 4.69) is 12.2 Å². The molecule has 0 saturated heterocycles. The number of carbonyl (C=O) groups is 1. The van der Waals surface area contributed by atoms with Gasteiger partial charge in [-0.2, -0.15) is 0 Å². The van der Waals surface area contributed by atoms with Gasteiger partial charge < -0.3 is 30.1 Å². The average molecular weight is 426 g/mol. The second kappa shape index (κ2) is 14.0. The maximum absolute atomic E-state index is 12.5. The van der Waals surface area contributed by atoms with Gasteiger partial charge in [-0.25, -0.2) is 0 Å². The van der Waals surface area contributed by atoms with Crippen molar-refractivity contribution in [2.45, 2.75) is 84.1 Å². The van der Waals surface area contributed by atoms with E-state index in [1.165, 1.54) is 52.7 Å². The fourth-order valence-corrected chi connectivity index (χ4v) is 3.61. The van der Waals surface area contributed by atoms with Crippen LogP contribution in [0.2, 0.25) is 0 Å². The summed E-state index contributed by atoms with van der Waals surface area (Å²) in [6.07, 6.45) is 10.1. The highest BCUT2D eigenvalue weighted by Gasteiger charge is 2.25. The van der Waals surface area contributed by atoms with Crippen molar-refractivity contribution in [3.8, 4) is 23.0 Å². The topological polar surface area (TPSA) is 108 Å². The van der Waals surface area contributed by atoms with Crippen LogP contribution in [-0.4, -0.2) is 48.1 Å². The van der Waals surface area contributed by atoms with E-state index in [1.54, 1.807) is 6.92 Å². The number of hydrogen-bond donors (Lipinski definition) is 4. The number of ether oxygens (including phenoxy) is 2. The van der Waals surface area contributed by atoms with Crippen LogP contribution in [0, 0.1) is 6.92 Å². The van der Waals surface area contributed by atoms with Crippen molar-refractivity contribution in [2.75, 3.05) is 20.8 Å². The molecule has 7 nitrogen and oxygen atoms in total. The zero-order chi connectivity index (χ0) is 22.5. The van der Waals surface area contributed by atoms with Crippen LogP contribution in [0.5, 0.6) is 23.0 Å². The van der Waals surface area contributed by atoms with E-state index in [4.69, 9.17) is 9.47 Å². The first kappa shape index (κ1) is 25.9. The number of benzene rings is 1.